The van der Waals surface area contributed by atoms with Crippen LogP contribution in [0.25, 0.3) is 0 Å². The van der Waals surface area contributed by atoms with E-state index in [0.29, 0.717) is 17.9 Å². The molecule has 6 nitrogen and oxygen atoms in total. The van der Waals surface area contributed by atoms with Gasteiger partial charge in [0.25, 0.3) is 5.91 Å². The zero-order valence-electron chi connectivity index (χ0n) is 15.7. The van der Waals surface area contributed by atoms with Crippen molar-refractivity contribution in [1.82, 2.24) is 15.5 Å². The summed E-state index contributed by atoms with van der Waals surface area (Å²) in [6.07, 6.45) is 1.91. The summed E-state index contributed by atoms with van der Waals surface area (Å²) < 4.78 is 41.6. The number of hydrogen-bond acceptors (Lipinski definition) is 3. The molecular formula is C20H22F3N3O3. The lowest BCUT2D eigenvalue weighted by Crippen LogP contribution is -2.56. The standard InChI is InChI=1S/C20H22F3N3O3/c21-20(22,23)19(15-9-5-2-6-10-15)17(28)26(18(29)25-19)13-16(27)24-12-11-14-7-3-1-4-8-14/h2,5-7,9-10H,1,3-4,8,11-13H2,(H,24,27)(H,25,29). The predicted molar refractivity (Wildman–Crippen MR) is 98.6 cm³/mol. The molecule has 1 fully saturated rings. The molecule has 1 saturated heterocycles. The van der Waals surface area contributed by atoms with Crippen LogP contribution in [0.4, 0.5) is 18.0 Å². The molecule has 4 amide bonds. The van der Waals surface area contributed by atoms with Gasteiger partial charge >= 0.3 is 12.2 Å². The third-order valence-electron chi connectivity index (χ3n) is 5.19. The van der Waals surface area contributed by atoms with Crippen molar-refractivity contribution >= 4 is 17.8 Å². The second-order valence-electron chi connectivity index (χ2n) is 7.14. The van der Waals surface area contributed by atoms with E-state index in [1.54, 1.807) is 5.32 Å². The first-order chi connectivity index (χ1) is 13.8. The molecule has 3 rings (SSSR count). The zero-order chi connectivity index (χ0) is 21.1. The van der Waals surface area contributed by atoms with Gasteiger partial charge in [0.1, 0.15) is 6.54 Å². The van der Waals surface area contributed by atoms with Crippen molar-refractivity contribution in [2.45, 2.75) is 43.8 Å². The van der Waals surface area contributed by atoms with E-state index in [9.17, 15) is 27.6 Å². The van der Waals surface area contributed by atoms with Crippen LogP contribution in [-0.4, -0.2) is 42.0 Å². The Hall–Kier alpha value is -2.84. The van der Waals surface area contributed by atoms with Crippen LogP contribution in [0.15, 0.2) is 42.0 Å². The monoisotopic (exact) mass is 409 g/mol. The second-order valence-corrected chi connectivity index (χ2v) is 7.14. The van der Waals surface area contributed by atoms with Gasteiger partial charge in [-0.3, -0.25) is 14.5 Å². The smallest absolute Gasteiger partial charge is 0.354 e. The highest BCUT2D eigenvalue weighted by Gasteiger charge is 2.68. The molecule has 1 unspecified atom stereocenters. The fourth-order valence-electron chi connectivity index (χ4n) is 3.65. The number of benzene rings is 1. The molecule has 1 heterocycles. The number of rotatable bonds is 6. The SMILES string of the molecule is O=C(CN1C(=O)NC(c2ccccc2)(C(F)(F)F)C1=O)NCCC1=CCCCC1. The fourth-order valence-corrected chi connectivity index (χ4v) is 3.65. The average molecular weight is 409 g/mol. The van der Waals surface area contributed by atoms with Gasteiger partial charge in [-0.1, -0.05) is 42.0 Å². The summed E-state index contributed by atoms with van der Waals surface area (Å²) in [6, 6.07) is 5.18. The van der Waals surface area contributed by atoms with E-state index < -0.39 is 41.7 Å². The fraction of sp³-hybridized carbons (Fsp3) is 0.450. The molecule has 1 aromatic carbocycles. The Labute approximate surface area is 166 Å². The molecule has 0 spiro atoms. The number of carbonyl (C=O) groups excluding carboxylic acids is 3. The van der Waals surface area contributed by atoms with Crippen molar-refractivity contribution in [3.63, 3.8) is 0 Å². The van der Waals surface area contributed by atoms with Crippen LogP contribution in [0.2, 0.25) is 0 Å². The van der Waals surface area contributed by atoms with Gasteiger partial charge in [0.05, 0.1) is 0 Å². The molecule has 9 heteroatoms. The number of amides is 4. The van der Waals surface area contributed by atoms with Crippen molar-refractivity contribution < 1.29 is 27.6 Å². The number of alkyl halides is 3. The van der Waals surface area contributed by atoms with E-state index >= 15 is 0 Å². The van der Waals surface area contributed by atoms with Crippen LogP contribution in [0, 0.1) is 0 Å². The van der Waals surface area contributed by atoms with Crippen molar-refractivity contribution in [3.8, 4) is 0 Å². The highest BCUT2D eigenvalue weighted by atomic mass is 19.4. The lowest BCUT2D eigenvalue weighted by atomic mass is 9.89. The van der Waals surface area contributed by atoms with Crippen LogP contribution in [0.5, 0.6) is 0 Å². The van der Waals surface area contributed by atoms with Gasteiger partial charge in [-0.05, 0) is 37.7 Å². The molecule has 0 saturated carbocycles. The first kappa shape index (κ1) is 20.9. The van der Waals surface area contributed by atoms with Crippen LogP contribution in [0.3, 0.4) is 0 Å². The molecule has 0 radical (unpaired) electrons. The van der Waals surface area contributed by atoms with E-state index in [-0.39, 0.29) is 0 Å². The number of halogens is 3. The van der Waals surface area contributed by atoms with Gasteiger partial charge < -0.3 is 10.6 Å². The molecular weight excluding hydrogens is 387 g/mol. The Kier molecular flexibility index (Phi) is 5.95. The minimum absolute atomic E-state index is 0.303. The Morgan fingerprint density at radius 1 is 1.17 bits per heavy atom. The summed E-state index contributed by atoms with van der Waals surface area (Å²) in [5.41, 5.74) is -2.37. The number of allylic oxidation sites excluding steroid dienone is 1. The number of carbonyl (C=O) groups is 3. The maximum absolute atomic E-state index is 13.9. The summed E-state index contributed by atoms with van der Waals surface area (Å²) in [5.74, 6) is -2.19. The van der Waals surface area contributed by atoms with Crippen LogP contribution < -0.4 is 10.6 Å². The van der Waals surface area contributed by atoms with Gasteiger partial charge in [-0.25, -0.2) is 4.79 Å². The van der Waals surface area contributed by atoms with E-state index in [0.717, 1.165) is 37.8 Å². The number of hydrogen-bond donors (Lipinski definition) is 2. The van der Waals surface area contributed by atoms with E-state index in [2.05, 4.69) is 11.4 Å². The second kappa shape index (κ2) is 8.26. The maximum atomic E-state index is 13.9. The topological polar surface area (TPSA) is 78.5 Å². The lowest BCUT2D eigenvalue weighted by molar-refractivity contribution is -0.198. The van der Waals surface area contributed by atoms with Gasteiger partial charge in [-0.15, -0.1) is 0 Å². The number of nitrogens with zero attached hydrogens (tertiary/aromatic N) is 1. The number of imide groups is 1. The number of urea groups is 1. The Morgan fingerprint density at radius 3 is 2.52 bits per heavy atom. The van der Waals surface area contributed by atoms with E-state index in [1.807, 2.05) is 0 Å². The summed E-state index contributed by atoms with van der Waals surface area (Å²) in [7, 11) is 0. The Balaban J connectivity index is 1.69. The van der Waals surface area contributed by atoms with Crippen molar-refractivity contribution in [2.75, 3.05) is 13.1 Å². The van der Waals surface area contributed by atoms with Crippen molar-refractivity contribution in [3.05, 3.63) is 47.5 Å². The highest BCUT2D eigenvalue weighted by molar-refractivity contribution is 6.09. The minimum Gasteiger partial charge on any atom is -0.354 e. The third-order valence-corrected chi connectivity index (χ3v) is 5.19. The number of nitrogens with one attached hydrogen (secondary N) is 2. The molecule has 2 aliphatic rings. The van der Waals surface area contributed by atoms with E-state index in [1.165, 1.54) is 23.8 Å². The molecule has 0 bridgehead atoms. The first-order valence-electron chi connectivity index (χ1n) is 9.46. The molecule has 29 heavy (non-hydrogen) atoms. The maximum Gasteiger partial charge on any atom is 0.425 e. The summed E-state index contributed by atoms with van der Waals surface area (Å²) in [5, 5.41) is 4.33. The molecule has 1 aliphatic carbocycles. The molecule has 156 valence electrons. The van der Waals surface area contributed by atoms with Crippen LogP contribution in [-0.2, 0) is 15.1 Å². The Morgan fingerprint density at radius 2 is 1.90 bits per heavy atom. The quantitative estimate of drug-likeness (QED) is 0.560. The lowest BCUT2D eigenvalue weighted by Gasteiger charge is -2.29. The van der Waals surface area contributed by atoms with Gasteiger partial charge in [0.2, 0.25) is 11.4 Å². The molecule has 1 aliphatic heterocycles. The van der Waals surface area contributed by atoms with Gasteiger partial charge in [0.15, 0.2) is 0 Å². The van der Waals surface area contributed by atoms with Crippen LogP contribution >= 0.6 is 0 Å². The van der Waals surface area contributed by atoms with Gasteiger partial charge in [0, 0.05) is 6.54 Å². The third kappa shape index (κ3) is 4.13. The minimum atomic E-state index is -5.07. The first-order valence-corrected chi connectivity index (χ1v) is 9.46. The van der Waals surface area contributed by atoms with Gasteiger partial charge in [-0.2, -0.15) is 13.2 Å². The molecule has 1 aromatic rings. The summed E-state index contributed by atoms with van der Waals surface area (Å²) in [4.78, 5) is 37.3. The van der Waals surface area contributed by atoms with Crippen molar-refractivity contribution in [2.24, 2.45) is 0 Å². The highest BCUT2D eigenvalue weighted by Crippen LogP contribution is 2.43. The predicted octanol–water partition coefficient (Wildman–Crippen LogP) is 3.00. The summed E-state index contributed by atoms with van der Waals surface area (Å²) in [6.45, 7) is -0.466. The van der Waals surface area contributed by atoms with E-state index in [4.69, 9.17) is 0 Å². The largest absolute Gasteiger partial charge is 0.425 e. The average Bonchev–Trinajstić information content (AvgIpc) is 2.95. The normalized spacial score (nSPS) is 22.3. The van der Waals surface area contributed by atoms with Crippen molar-refractivity contribution in [1.29, 1.82) is 0 Å². The summed E-state index contributed by atoms with van der Waals surface area (Å²) >= 11 is 0. The molecule has 0 aromatic heterocycles. The Bertz CT molecular complexity index is 823. The molecule has 1 atom stereocenters. The van der Waals surface area contributed by atoms with Crippen LogP contribution in [0.1, 0.15) is 37.7 Å². The zero-order valence-corrected chi connectivity index (χ0v) is 15.7. The molecule has 2 N–H and O–H groups in total.